The van der Waals surface area contributed by atoms with Crippen LogP contribution in [0.1, 0.15) is 59.8 Å². The molecule has 2 aromatic rings. The van der Waals surface area contributed by atoms with Gasteiger partial charge in [0.05, 0.1) is 6.61 Å². The summed E-state index contributed by atoms with van der Waals surface area (Å²) < 4.78 is 7.13. The smallest absolute Gasteiger partial charge is 0.261 e. The van der Waals surface area contributed by atoms with Crippen LogP contribution in [-0.2, 0) is 14.0 Å². The van der Waals surface area contributed by atoms with Crippen molar-refractivity contribution in [3.8, 4) is 0 Å². The van der Waals surface area contributed by atoms with Gasteiger partial charge < -0.3 is 4.43 Å². The summed E-state index contributed by atoms with van der Waals surface area (Å²) in [6.45, 7) is 8.34. The SMILES string of the molecule is CC(=O)C(=O)[C@@]1(CO[Si](c2ccccc2)(c2ccccc2)C(C)(C)C)C[C@@H]2CCCC[C@@H]2N1. The van der Waals surface area contributed by atoms with Gasteiger partial charge in [-0.1, -0.05) is 94.3 Å². The molecule has 4 rings (SSSR count). The van der Waals surface area contributed by atoms with Crippen molar-refractivity contribution in [3.05, 3.63) is 60.7 Å². The van der Waals surface area contributed by atoms with E-state index in [1.54, 1.807) is 0 Å². The van der Waals surface area contributed by atoms with Gasteiger partial charge in [0.25, 0.3) is 8.32 Å². The lowest BCUT2D eigenvalue weighted by molar-refractivity contribution is -0.140. The molecule has 0 spiro atoms. The zero-order chi connectivity index (χ0) is 23.7. The lowest BCUT2D eigenvalue weighted by atomic mass is 9.81. The summed E-state index contributed by atoms with van der Waals surface area (Å²) in [5, 5.41) is 5.83. The first kappa shape index (κ1) is 24.1. The third-order valence-corrected chi connectivity index (χ3v) is 12.7. The summed E-state index contributed by atoms with van der Waals surface area (Å²) in [6.07, 6.45) is 5.24. The van der Waals surface area contributed by atoms with Crippen molar-refractivity contribution in [3.63, 3.8) is 0 Å². The minimum atomic E-state index is -2.80. The fourth-order valence-corrected chi connectivity index (χ4v) is 10.8. The van der Waals surface area contributed by atoms with Crippen molar-refractivity contribution in [2.45, 2.75) is 76.4 Å². The number of carbonyl (C=O) groups excluding carboxylic acids is 2. The Morgan fingerprint density at radius 3 is 2.00 bits per heavy atom. The number of nitrogens with one attached hydrogen (secondary N) is 1. The molecule has 2 aromatic carbocycles. The Hall–Kier alpha value is -2.08. The van der Waals surface area contributed by atoms with Crippen molar-refractivity contribution in [2.24, 2.45) is 5.92 Å². The van der Waals surface area contributed by atoms with Crippen LogP contribution >= 0.6 is 0 Å². The Morgan fingerprint density at radius 2 is 1.52 bits per heavy atom. The predicted octanol–water partition coefficient (Wildman–Crippen LogP) is 4.01. The molecule has 0 amide bonds. The van der Waals surface area contributed by atoms with Crippen molar-refractivity contribution in [1.82, 2.24) is 5.32 Å². The van der Waals surface area contributed by atoms with Gasteiger partial charge in [-0.3, -0.25) is 14.9 Å². The number of hydrogen-bond acceptors (Lipinski definition) is 4. The van der Waals surface area contributed by atoms with Gasteiger partial charge in [-0.05, 0) is 40.6 Å². The van der Waals surface area contributed by atoms with Crippen LogP contribution in [-0.4, -0.2) is 38.1 Å². The van der Waals surface area contributed by atoms with E-state index in [1.807, 2.05) is 12.1 Å². The van der Waals surface area contributed by atoms with Crippen molar-refractivity contribution in [2.75, 3.05) is 6.61 Å². The molecule has 1 aliphatic carbocycles. The van der Waals surface area contributed by atoms with Crippen LogP contribution in [0.4, 0.5) is 0 Å². The van der Waals surface area contributed by atoms with Gasteiger partial charge >= 0.3 is 0 Å². The minimum absolute atomic E-state index is 0.179. The van der Waals surface area contributed by atoms with Gasteiger partial charge in [0.15, 0.2) is 5.78 Å². The molecule has 4 nitrogen and oxygen atoms in total. The zero-order valence-corrected chi connectivity index (χ0v) is 21.4. The molecular weight excluding hydrogens is 426 g/mol. The molecule has 3 atom stereocenters. The number of ketones is 2. The quantitative estimate of drug-likeness (QED) is 0.498. The Morgan fingerprint density at radius 1 is 0.970 bits per heavy atom. The lowest BCUT2D eigenvalue weighted by Gasteiger charge is -2.45. The van der Waals surface area contributed by atoms with Crippen LogP contribution in [0.3, 0.4) is 0 Å². The van der Waals surface area contributed by atoms with Gasteiger partial charge in [0, 0.05) is 13.0 Å². The highest BCUT2D eigenvalue weighted by molar-refractivity contribution is 6.99. The molecule has 33 heavy (non-hydrogen) atoms. The average molecular weight is 464 g/mol. The molecule has 0 aromatic heterocycles. The zero-order valence-electron chi connectivity index (χ0n) is 20.4. The van der Waals surface area contributed by atoms with Crippen LogP contribution in [0.25, 0.3) is 0 Å². The molecule has 0 unspecified atom stereocenters. The average Bonchev–Trinajstić information content (AvgIpc) is 3.19. The highest BCUT2D eigenvalue weighted by Crippen LogP contribution is 2.42. The largest absolute Gasteiger partial charge is 0.405 e. The fraction of sp³-hybridized carbons (Fsp3) is 0.500. The van der Waals surface area contributed by atoms with E-state index in [1.165, 1.54) is 30.1 Å². The maximum Gasteiger partial charge on any atom is 0.261 e. The van der Waals surface area contributed by atoms with Gasteiger partial charge in [0.2, 0.25) is 5.78 Å². The fourth-order valence-electron chi connectivity index (χ4n) is 6.16. The Kier molecular flexibility index (Phi) is 6.77. The van der Waals surface area contributed by atoms with Gasteiger partial charge in [0.1, 0.15) is 5.54 Å². The second-order valence-corrected chi connectivity index (χ2v) is 15.2. The Labute approximate surface area is 199 Å². The van der Waals surface area contributed by atoms with Crippen molar-refractivity contribution < 1.29 is 14.0 Å². The third-order valence-electron chi connectivity index (χ3n) is 7.69. The van der Waals surface area contributed by atoms with E-state index >= 15 is 0 Å². The summed E-state index contributed by atoms with van der Waals surface area (Å²) >= 11 is 0. The molecule has 5 heteroatoms. The maximum absolute atomic E-state index is 13.4. The first-order valence-electron chi connectivity index (χ1n) is 12.3. The summed E-state index contributed by atoms with van der Waals surface area (Å²) in [5.74, 6) is -0.271. The summed E-state index contributed by atoms with van der Waals surface area (Å²) in [4.78, 5) is 25.7. The number of rotatable bonds is 7. The molecule has 0 radical (unpaired) electrons. The standard InChI is InChI=1S/C28H37NO3Si/c1-21(30)26(31)28(19-22-13-11-12-18-25(22)29-28)20-32-33(27(2,3)4,23-14-7-5-8-15-23)24-16-9-6-10-17-24/h5-10,14-17,22,25,29H,11-13,18-20H2,1-4H3/t22-,25-,28-/m0/s1. The monoisotopic (exact) mass is 463 g/mol. The molecule has 0 bridgehead atoms. The second kappa shape index (κ2) is 9.28. The van der Waals surface area contributed by atoms with E-state index in [4.69, 9.17) is 4.43 Å². The molecule has 1 N–H and O–H groups in total. The molecular formula is C28H37NO3Si. The normalized spacial score (nSPS) is 25.5. The molecule has 1 aliphatic heterocycles. The first-order chi connectivity index (χ1) is 15.7. The van der Waals surface area contributed by atoms with Crippen LogP contribution in [0.5, 0.6) is 0 Å². The summed E-state index contributed by atoms with van der Waals surface area (Å²) in [6, 6.07) is 21.2. The number of hydrogen-bond donors (Lipinski definition) is 1. The minimum Gasteiger partial charge on any atom is -0.405 e. The second-order valence-electron chi connectivity index (χ2n) is 10.9. The lowest BCUT2D eigenvalue weighted by Crippen LogP contribution is -2.69. The highest BCUT2D eigenvalue weighted by Gasteiger charge is 2.55. The molecule has 2 fully saturated rings. The molecule has 1 saturated carbocycles. The molecule has 1 heterocycles. The van der Waals surface area contributed by atoms with Crippen LogP contribution in [0.2, 0.25) is 5.04 Å². The number of fused-ring (bicyclic) bond motifs is 1. The molecule has 1 saturated heterocycles. The van der Waals surface area contributed by atoms with E-state index < -0.39 is 13.9 Å². The van der Waals surface area contributed by atoms with E-state index in [0.29, 0.717) is 18.4 Å². The molecule has 176 valence electrons. The van der Waals surface area contributed by atoms with E-state index in [9.17, 15) is 9.59 Å². The molecule has 2 aliphatic rings. The summed E-state index contributed by atoms with van der Waals surface area (Å²) in [5.41, 5.74) is -0.932. The first-order valence-corrected chi connectivity index (χ1v) is 14.2. The highest BCUT2D eigenvalue weighted by atomic mass is 28.4. The number of benzene rings is 2. The van der Waals surface area contributed by atoms with E-state index in [2.05, 4.69) is 74.6 Å². The maximum atomic E-state index is 13.4. The topological polar surface area (TPSA) is 55.4 Å². The number of Topliss-reactive ketones (excluding diaryl/α,β-unsaturated/α-hetero) is 2. The number of carbonyl (C=O) groups is 2. The van der Waals surface area contributed by atoms with Gasteiger partial charge in [-0.25, -0.2) is 0 Å². The van der Waals surface area contributed by atoms with Crippen LogP contribution in [0.15, 0.2) is 60.7 Å². The Bertz CT molecular complexity index is 930. The Balaban J connectivity index is 1.79. The summed E-state index contributed by atoms with van der Waals surface area (Å²) in [7, 11) is -2.80. The third kappa shape index (κ3) is 4.39. The van der Waals surface area contributed by atoms with Crippen LogP contribution in [0, 0.1) is 5.92 Å². The van der Waals surface area contributed by atoms with Gasteiger partial charge in [-0.2, -0.15) is 0 Å². The van der Waals surface area contributed by atoms with Crippen LogP contribution < -0.4 is 15.7 Å². The van der Waals surface area contributed by atoms with E-state index in [0.717, 1.165) is 12.8 Å². The van der Waals surface area contributed by atoms with E-state index in [-0.39, 0.29) is 23.2 Å². The predicted molar refractivity (Wildman–Crippen MR) is 135 cm³/mol. The van der Waals surface area contributed by atoms with Gasteiger partial charge in [-0.15, -0.1) is 0 Å². The van der Waals surface area contributed by atoms with Crippen molar-refractivity contribution >= 4 is 30.3 Å². The van der Waals surface area contributed by atoms with Crippen molar-refractivity contribution in [1.29, 1.82) is 0 Å².